The van der Waals surface area contributed by atoms with Gasteiger partial charge in [-0.05, 0) is 0 Å². The number of aromatic nitrogens is 2. The van der Waals surface area contributed by atoms with E-state index in [1.165, 1.54) is 0 Å². The molecule has 0 saturated heterocycles. The number of rotatable bonds is 1. The lowest BCUT2D eigenvalue weighted by atomic mass is 10.4. The number of carboxylic acid groups (broad SMARTS) is 1. The highest BCUT2D eigenvalue weighted by Gasteiger charge is 1.92. The van der Waals surface area contributed by atoms with Crippen LogP contribution in [0.5, 0.6) is 0 Å². The zero-order chi connectivity index (χ0) is 7.56. The predicted molar refractivity (Wildman–Crippen MR) is 30.8 cm³/mol. The summed E-state index contributed by atoms with van der Waals surface area (Å²) in [5.74, 6) is -1.26. The first kappa shape index (κ1) is 6.47. The largest absolute Gasteiger partial charge is 0.545 e. The normalized spacial score (nSPS) is 9.20. The minimum Gasteiger partial charge on any atom is -0.545 e. The van der Waals surface area contributed by atoms with Gasteiger partial charge in [-0.2, -0.15) is 0 Å². The third-order valence-corrected chi connectivity index (χ3v) is 0.908. The first-order valence-electron chi connectivity index (χ1n) is 2.49. The van der Waals surface area contributed by atoms with E-state index in [1.54, 1.807) is 0 Å². The Kier molecular flexibility index (Phi) is 1.49. The number of nitrogens with zero attached hydrogens (tertiary/aromatic N) is 2. The first-order valence-corrected chi connectivity index (χ1v) is 2.49. The van der Waals surface area contributed by atoms with Crippen LogP contribution in [-0.4, -0.2) is 15.9 Å². The second-order valence-electron chi connectivity index (χ2n) is 1.62. The van der Waals surface area contributed by atoms with Crippen LogP contribution in [0.4, 0.5) is 5.95 Å². The Balaban J connectivity index is 3.00. The van der Waals surface area contributed by atoms with Gasteiger partial charge in [0.25, 0.3) is 0 Å². The number of hydrogen-bond acceptors (Lipinski definition) is 5. The number of nitrogen functional groups attached to an aromatic ring is 1. The molecule has 0 saturated carbocycles. The first-order chi connectivity index (χ1) is 4.70. The van der Waals surface area contributed by atoms with Gasteiger partial charge in [-0.25, -0.2) is 9.97 Å². The highest BCUT2D eigenvalue weighted by molar-refractivity contribution is 5.84. The van der Waals surface area contributed by atoms with Crippen LogP contribution in [0.3, 0.4) is 0 Å². The van der Waals surface area contributed by atoms with E-state index in [0.29, 0.717) is 0 Å². The van der Waals surface area contributed by atoms with Crippen molar-refractivity contribution in [3.63, 3.8) is 0 Å². The smallest absolute Gasteiger partial charge is 0.219 e. The van der Waals surface area contributed by atoms with Crippen LogP contribution in [0.25, 0.3) is 0 Å². The van der Waals surface area contributed by atoms with E-state index in [2.05, 4.69) is 9.97 Å². The maximum absolute atomic E-state index is 10.1. The van der Waals surface area contributed by atoms with E-state index in [9.17, 15) is 9.90 Å². The van der Waals surface area contributed by atoms with Gasteiger partial charge in [0, 0.05) is 18.0 Å². The van der Waals surface area contributed by atoms with Crippen molar-refractivity contribution in [2.24, 2.45) is 0 Å². The third kappa shape index (κ3) is 1.19. The summed E-state index contributed by atoms with van der Waals surface area (Å²) in [6, 6.07) is 0. The van der Waals surface area contributed by atoms with Gasteiger partial charge in [-0.15, -0.1) is 0 Å². The summed E-state index contributed by atoms with van der Waals surface area (Å²) in [5.41, 5.74) is 5.02. The van der Waals surface area contributed by atoms with Crippen LogP contribution < -0.4 is 10.8 Å². The zero-order valence-corrected chi connectivity index (χ0v) is 4.94. The Labute approximate surface area is 56.5 Å². The number of carboxylic acids is 1. The van der Waals surface area contributed by atoms with Crippen LogP contribution >= 0.6 is 0 Å². The lowest BCUT2D eigenvalue weighted by Gasteiger charge is -1.98. The molecule has 0 spiro atoms. The monoisotopic (exact) mass is 138 g/mol. The summed E-state index contributed by atoms with van der Waals surface area (Å²) in [7, 11) is 0. The molecule has 0 unspecified atom stereocenters. The number of carbonyl (C=O) groups excluding carboxylic acids is 1. The van der Waals surface area contributed by atoms with Crippen molar-refractivity contribution in [3.8, 4) is 0 Å². The second kappa shape index (κ2) is 2.30. The number of hydrogen-bond donors (Lipinski definition) is 1. The average molecular weight is 138 g/mol. The van der Waals surface area contributed by atoms with Gasteiger partial charge in [0.2, 0.25) is 5.95 Å². The van der Waals surface area contributed by atoms with Crippen molar-refractivity contribution < 1.29 is 9.90 Å². The van der Waals surface area contributed by atoms with Gasteiger partial charge in [-0.1, -0.05) is 0 Å². The summed E-state index contributed by atoms with van der Waals surface area (Å²) in [4.78, 5) is 17.0. The van der Waals surface area contributed by atoms with Crippen LogP contribution in [0.1, 0.15) is 10.4 Å². The molecule has 0 aliphatic heterocycles. The SMILES string of the molecule is Nc1ncc(C(=O)[O-])cn1. The molecule has 1 aromatic rings. The molecule has 1 rings (SSSR count). The molecule has 0 aliphatic carbocycles. The molecular weight excluding hydrogens is 134 g/mol. The maximum atomic E-state index is 10.1. The molecule has 0 aromatic carbocycles. The molecule has 0 fully saturated rings. The summed E-state index contributed by atoms with van der Waals surface area (Å²) >= 11 is 0. The van der Waals surface area contributed by atoms with Gasteiger partial charge in [0.15, 0.2) is 0 Å². The van der Waals surface area contributed by atoms with E-state index < -0.39 is 5.97 Å². The maximum Gasteiger partial charge on any atom is 0.219 e. The van der Waals surface area contributed by atoms with E-state index in [0.717, 1.165) is 12.4 Å². The number of carbonyl (C=O) groups is 1. The van der Waals surface area contributed by atoms with Crippen LogP contribution in [-0.2, 0) is 0 Å². The number of anilines is 1. The Morgan fingerprint density at radius 1 is 1.50 bits per heavy atom. The van der Waals surface area contributed by atoms with Gasteiger partial charge in [0.1, 0.15) is 0 Å². The van der Waals surface area contributed by atoms with Crippen molar-refractivity contribution in [1.82, 2.24) is 9.97 Å². The van der Waals surface area contributed by atoms with E-state index in [4.69, 9.17) is 5.73 Å². The van der Waals surface area contributed by atoms with Crippen molar-refractivity contribution in [2.75, 3.05) is 5.73 Å². The highest BCUT2D eigenvalue weighted by atomic mass is 16.4. The quantitative estimate of drug-likeness (QED) is 0.505. The van der Waals surface area contributed by atoms with Gasteiger partial charge < -0.3 is 15.6 Å². The molecule has 0 aliphatic rings. The summed E-state index contributed by atoms with van der Waals surface area (Å²) in [6.07, 6.45) is 2.19. The predicted octanol–water partition coefficient (Wildman–Crippen LogP) is -1.58. The Morgan fingerprint density at radius 2 is 2.00 bits per heavy atom. The van der Waals surface area contributed by atoms with E-state index in [-0.39, 0.29) is 11.5 Å². The molecule has 5 heteroatoms. The third-order valence-electron chi connectivity index (χ3n) is 0.908. The molecule has 0 bridgehead atoms. The molecule has 0 amide bonds. The van der Waals surface area contributed by atoms with Gasteiger partial charge >= 0.3 is 0 Å². The minimum atomic E-state index is -1.31. The van der Waals surface area contributed by atoms with Crippen molar-refractivity contribution in [3.05, 3.63) is 18.0 Å². The summed E-state index contributed by atoms with van der Waals surface area (Å²) in [6.45, 7) is 0. The van der Waals surface area contributed by atoms with Crippen molar-refractivity contribution in [1.29, 1.82) is 0 Å². The van der Waals surface area contributed by atoms with Crippen LogP contribution in [0.2, 0.25) is 0 Å². The minimum absolute atomic E-state index is 0.0463. The van der Waals surface area contributed by atoms with E-state index >= 15 is 0 Å². The lowest BCUT2D eigenvalue weighted by molar-refractivity contribution is -0.255. The average Bonchev–Trinajstić information content (AvgIpc) is 1.88. The molecule has 10 heavy (non-hydrogen) atoms. The molecule has 52 valence electrons. The molecule has 2 N–H and O–H groups in total. The Morgan fingerprint density at radius 3 is 2.40 bits per heavy atom. The van der Waals surface area contributed by atoms with Gasteiger partial charge in [-0.3, -0.25) is 0 Å². The second-order valence-corrected chi connectivity index (χ2v) is 1.62. The number of aromatic carboxylic acids is 1. The van der Waals surface area contributed by atoms with E-state index in [1.807, 2.05) is 0 Å². The fourth-order valence-corrected chi connectivity index (χ4v) is 0.443. The van der Waals surface area contributed by atoms with Crippen LogP contribution in [0, 0.1) is 0 Å². The fourth-order valence-electron chi connectivity index (χ4n) is 0.443. The van der Waals surface area contributed by atoms with Crippen molar-refractivity contribution >= 4 is 11.9 Å². The lowest BCUT2D eigenvalue weighted by Crippen LogP contribution is -2.22. The highest BCUT2D eigenvalue weighted by Crippen LogP contribution is 1.93. The molecule has 1 heterocycles. The topological polar surface area (TPSA) is 91.9 Å². The Bertz CT molecular complexity index is 244. The summed E-state index contributed by atoms with van der Waals surface area (Å²) in [5, 5.41) is 10.1. The Hall–Kier alpha value is -1.65. The fraction of sp³-hybridized carbons (Fsp3) is 0. The molecule has 5 nitrogen and oxygen atoms in total. The molecule has 0 radical (unpaired) electrons. The van der Waals surface area contributed by atoms with Crippen molar-refractivity contribution in [2.45, 2.75) is 0 Å². The summed E-state index contributed by atoms with van der Waals surface area (Å²) < 4.78 is 0. The standard InChI is InChI=1S/C5H5N3O2/c6-5-7-1-3(2-8-5)4(9)10/h1-2H,(H,9,10)(H2,6,7,8)/p-1. The molecule has 1 aromatic heterocycles. The zero-order valence-electron chi connectivity index (χ0n) is 4.94. The number of nitrogens with two attached hydrogens (primary N) is 1. The molecular formula is C5H4N3O2-. The van der Waals surface area contributed by atoms with Crippen LogP contribution in [0.15, 0.2) is 12.4 Å². The molecule has 0 atom stereocenters. The van der Waals surface area contributed by atoms with Gasteiger partial charge in [0.05, 0.1) is 5.97 Å².